The zero-order valence-corrected chi connectivity index (χ0v) is 16.7. The third-order valence-corrected chi connectivity index (χ3v) is 5.36. The van der Waals surface area contributed by atoms with E-state index in [9.17, 15) is 0 Å². The first-order chi connectivity index (χ1) is 14.3. The Morgan fingerprint density at radius 1 is 1.10 bits per heavy atom. The zero-order valence-electron chi connectivity index (χ0n) is 16.7. The van der Waals surface area contributed by atoms with Gasteiger partial charge >= 0.3 is 0 Å². The molecule has 0 unspecified atom stereocenters. The summed E-state index contributed by atoms with van der Waals surface area (Å²) in [6.07, 6.45) is 6.11. The van der Waals surface area contributed by atoms with E-state index in [0.29, 0.717) is 19.1 Å². The molecule has 6 nitrogen and oxygen atoms in total. The van der Waals surface area contributed by atoms with Crippen LogP contribution in [0, 0.1) is 0 Å². The van der Waals surface area contributed by atoms with Crippen LogP contribution in [0.4, 0.5) is 0 Å². The Morgan fingerprint density at radius 2 is 2.00 bits per heavy atom. The topological polar surface area (TPSA) is 63.4 Å². The predicted molar refractivity (Wildman–Crippen MR) is 112 cm³/mol. The van der Waals surface area contributed by atoms with Crippen LogP contribution in [0.2, 0.25) is 0 Å². The number of nitrogens with zero attached hydrogens (tertiary/aromatic N) is 4. The van der Waals surface area contributed by atoms with E-state index < -0.39 is 0 Å². The Bertz CT molecular complexity index is 879. The molecule has 29 heavy (non-hydrogen) atoms. The fourth-order valence-electron chi connectivity index (χ4n) is 3.85. The van der Waals surface area contributed by atoms with E-state index in [-0.39, 0.29) is 6.61 Å². The maximum Gasteiger partial charge on any atom is 0.130 e. The molecule has 0 amide bonds. The molecule has 3 aromatic rings. The minimum atomic E-state index is 0.124. The normalized spacial score (nSPS) is 17.3. The second-order valence-corrected chi connectivity index (χ2v) is 7.56. The number of ether oxygens (including phenoxy) is 1. The second kappa shape index (κ2) is 9.67. The summed E-state index contributed by atoms with van der Waals surface area (Å²) in [7, 11) is 0. The molecule has 152 valence electrons. The summed E-state index contributed by atoms with van der Waals surface area (Å²) < 4.78 is 7.66. The van der Waals surface area contributed by atoms with Gasteiger partial charge in [0.25, 0.3) is 0 Å². The molecule has 4 rings (SSSR count). The van der Waals surface area contributed by atoms with E-state index in [4.69, 9.17) is 9.84 Å². The van der Waals surface area contributed by atoms with E-state index in [1.165, 1.54) is 18.4 Å². The molecule has 0 bridgehead atoms. The van der Waals surface area contributed by atoms with Gasteiger partial charge in [-0.25, -0.2) is 0 Å². The number of aliphatic hydroxyl groups is 1. The third kappa shape index (κ3) is 5.43. The number of piperidine rings is 1. The Kier molecular flexibility index (Phi) is 6.54. The fraction of sp³-hybridized carbons (Fsp3) is 0.391. The van der Waals surface area contributed by atoms with Crippen molar-refractivity contribution in [3.05, 3.63) is 77.9 Å². The van der Waals surface area contributed by atoms with Crippen molar-refractivity contribution in [2.45, 2.75) is 38.5 Å². The summed E-state index contributed by atoms with van der Waals surface area (Å²) in [4.78, 5) is 6.78. The monoisotopic (exact) mass is 392 g/mol. The molecule has 1 N–H and O–H groups in total. The smallest absolute Gasteiger partial charge is 0.130 e. The van der Waals surface area contributed by atoms with Gasteiger partial charge in [-0.3, -0.25) is 14.6 Å². The van der Waals surface area contributed by atoms with Crippen molar-refractivity contribution < 1.29 is 9.84 Å². The highest BCUT2D eigenvalue weighted by molar-refractivity contribution is 5.27. The van der Waals surface area contributed by atoms with Crippen molar-refractivity contribution in [1.29, 1.82) is 0 Å². The summed E-state index contributed by atoms with van der Waals surface area (Å²) in [5.41, 5.74) is 3.36. The first kappa shape index (κ1) is 19.6. The van der Waals surface area contributed by atoms with Gasteiger partial charge in [0.05, 0.1) is 24.5 Å². The van der Waals surface area contributed by atoms with E-state index >= 15 is 0 Å². The average molecular weight is 393 g/mol. The van der Waals surface area contributed by atoms with Gasteiger partial charge in [-0.1, -0.05) is 18.2 Å². The minimum absolute atomic E-state index is 0.124. The number of rotatable bonds is 8. The van der Waals surface area contributed by atoms with E-state index in [1.54, 1.807) is 6.20 Å². The molecule has 0 saturated carbocycles. The maximum atomic E-state index is 9.08. The van der Waals surface area contributed by atoms with Gasteiger partial charge in [0.2, 0.25) is 0 Å². The Hall–Kier alpha value is -2.70. The lowest BCUT2D eigenvalue weighted by Crippen LogP contribution is -2.34. The highest BCUT2D eigenvalue weighted by atomic mass is 16.5. The Balaban J connectivity index is 1.30. The molecule has 1 aromatic carbocycles. The summed E-state index contributed by atoms with van der Waals surface area (Å²) in [5.74, 6) is 1.33. The average Bonchev–Trinajstić information content (AvgIpc) is 3.23. The number of likely N-dealkylation sites (tertiary alicyclic amines) is 1. The van der Waals surface area contributed by atoms with Crippen LogP contribution in [-0.4, -0.2) is 44.5 Å². The Labute approximate surface area is 171 Å². The molecule has 2 aromatic heterocycles. The van der Waals surface area contributed by atoms with Crippen LogP contribution in [0.5, 0.6) is 5.75 Å². The van der Waals surface area contributed by atoms with Gasteiger partial charge in [0.15, 0.2) is 0 Å². The molecule has 1 saturated heterocycles. The number of pyridine rings is 1. The molecular formula is C23H28N4O2. The molecule has 0 spiro atoms. The van der Waals surface area contributed by atoms with Gasteiger partial charge in [0.1, 0.15) is 12.4 Å². The van der Waals surface area contributed by atoms with Crippen LogP contribution in [0.25, 0.3) is 0 Å². The van der Waals surface area contributed by atoms with Crippen LogP contribution in [0.1, 0.15) is 35.7 Å². The van der Waals surface area contributed by atoms with Gasteiger partial charge < -0.3 is 9.84 Å². The number of hydrogen-bond donors (Lipinski definition) is 1. The molecule has 0 radical (unpaired) electrons. The third-order valence-electron chi connectivity index (χ3n) is 5.36. The van der Waals surface area contributed by atoms with Crippen LogP contribution in [0.15, 0.2) is 60.9 Å². The molecule has 0 aliphatic carbocycles. The van der Waals surface area contributed by atoms with Crippen LogP contribution >= 0.6 is 0 Å². The second-order valence-electron chi connectivity index (χ2n) is 7.56. The van der Waals surface area contributed by atoms with Gasteiger partial charge in [-0.05, 0) is 55.3 Å². The van der Waals surface area contributed by atoms with Crippen LogP contribution < -0.4 is 4.74 Å². The van der Waals surface area contributed by atoms with Crippen molar-refractivity contribution in [3.63, 3.8) is 0 Å². The van der Waals surface area contributed by atoms with E-state index in [2.05, 4.69) is 33.2 Å². The molecule has 3 heterocycles. The lowest BCUT2D eigenvalue weighted by atomic mass is 9.94. The highest BCUT2D eigenvalue weighted by Gasteiger charge is 2.23. The first-order valence-corrected chi connectivity index (χ1v) is 10.3. The largest absolute Gasteiger partial charge is 0.487 e. The van der Waals surface area contributed by atoms with E-state index in [0.717, 1.165) is 36.8 Å². The summed E-state index contributed by atoms with van der Waals surface area (Å²) in [5, 5.41) is 13.7. The molecule has 6 heteroatoms. The van der Waals surface area contributed by atoms with Gasteiger partial charge in [-0.15, -0.1) is 0 Å². The van der Waals surface area contributed by atoms with Crippen LogP contribution in [-0.2, 0) is 19.7 Å². The first-order valence-electron chi connectivity index (χ1n) is 10.3. The summed E-state index contributed by atoms with van der Waals surface area (Å²) in [6.45, 7) is 4.25. The molecule has 1 atom stereocenters. The summed E-state index contributed by atoms with van der Waals surface area (Å²) in [6, 6.07) is 16.3. The Morgan fingerprint density at radius 3 is 2.79 bits per heavy atom. The van der Waals surface area contributed by atoms with Crippen molar-refractivity contribution in [2.75, 3.05) is 19.7 Å². The fourth-order valence-corrected chi connectivity index (χ4v) is 3.85. The SMILES string of the molecule is OCCn1ccc([C@@H]2CCCN(Cc3ccc(OCc4ccccn4)cc3)C2)n1. The number of aliphatic hydroxyl groups excluding tert-OH is 1. The highest BCUT2D eigenvalue weighted by Crippen LogP contribution is 2.27. The number of aromatic nitrogens is 3. The molecule has 1 aliphatic heterocycles. The molecular weight excluding hydrogens is 364 g/mol. The van der Waals surface area contributed by atoms with Gasteiger partial charge in [-0.2, -0.15) is 5.10 Å². The number of hydrogen-bond acceptors (Lipinski definition) is 5. The van der Waals surface area contributed by atoms with Crippen LogP contribution in [0.3, 0.4) is 0 Å². The zero-order chi connectivity index (χ0) is 19.9. The van der Waals surface area contributed by atoms with Crippen molar-refractivity contribution >= 4 is 0 Å². The van der Waals surface area contributed by atoms with Crippen molar-refractivity contribution in [2.24, 2.45) is 0 Å². The van der Waals surface area contributed by atoms with Crippen molar-refractivity contribution in [1.82, 2.24) is 19.7 Å². The molecule has 1 aliphatic rings. The standard InChI is InChI=1S/C23H28N4O2/c28-15-14-27-13-10-23(25-27)20-4-3-12-26(17-20)16-19-6-8-22(9-7-19)29-18-21-5-1-2-11-24-21/h1-2,5-11,13,20,28H,3-4,12,14-18H2/t20-/m1/s1. The summed E-state index contributed by atoms with van der Waals surface area (Å²) >= 11 is 0. The number of benzene rings is 1. The van der Waals surface area contributed by atoms with E-state index in [1.807, 2.05) is 41.2 Å². The van der Waals surface area contributed by atoms with Crippen molar-refractivity contribution in [3.8, 4) is 5.75 Å². The predicted octanol–water partition coefficient (Wildman–Crippen LogP) is 3.23. The lowest BCUT2D eigenvalue weighted by Gasteiger charge is -2.32. The molecule has 1 fully saturated rings. The van der Waals surface area contributed by atoms with Gasteiger partial charge in [0, 0.05) is 31.4 Å². The quantitative estimate of drug-likeness (QED) is 0.638. The lowest BCUT2D eigenvalue weighted by molar-refractivity contribution is 0.197. The maximum absolute atomic E-state index is 9.08. The minimum Gasteiger partial charge on any atom is -0.487 e.